The van der Waals surface area contributed by atoms with Crippen LogP contribution in [-0.2, 0) is 9.84 Å². The molecule has 0 radical (unpaired) electrons. The molecule has 0 aromatic rings. The summed E-state index contributed by atoms with van der Waals surface area (Å²) in [5.74, 6) is 0.311. The van der Waals surface area contributed by atoms with E-state index in [4.69, 9.17) is 0 Å². The van der Waals surface area contributed by atoms with E-state index in [1.54, 1.807) is 0 Å². The van der Waals surface area contributed by atoms with E-state index in [0.29, 0.717) is 18.8 Å². The van der Waals surface area contributed by atoms with Gasteiger partial charge >= 0.3 is 0 Å². The SMILES string of the molecule is CC[C@@H]1CNCCS1(=O)=O. The third-order valence-corrected chi connectivity index (χ3v) is 4.19. The first-order chi connectivity index (χ1) is 4.67. The molecule has 0 spiro atoms. The highest BCUT2D eigenvalue weighted by Crippen LogP contribution is 2.08. The van der Waals surface area contributed by atoms with Gasteiger partial charge in [-0.2, -0.15) is 0 Å². The van der Waals surface area contributed by atoms with Gasteiger partial charge in [-0.15, -0.1) is 0 Å². The molecule has 0 amide bonds. The summed E-state index contributed by atoms with van der Waals surface area (Å²) in [6.45, 7) is 3.17. The van der Waals surface area contributed by atoms with Crippen LogP contribution in [-0.4, -0.2) is 32.5 Å². The van der Waals surface area contributed by atoms with Crippen molar-refractivity contribution < 1.29 is 8.42 Å². The zero-order chi connectivity index (χ0) is 7.61. The summed E-state index contributed by atoms with van der Waals surface area (Å²) >= 11 is 0. The Bertz CT molecular complexity index is 198. The molecule has 1 atom stereocenters. The topological polar surface area (TPSA) is 46.2 Å². The zero-order valence-corrected chi connectivity index (χ0v) is 6.95. The molecule has 0 bridgehead atoms. The Balaban J connectivity index is 2.70. The molecule has 0 saturated carbocycles. The van der Waals surface area contributed by atoms with Gasteiger partial charge in [-0.25, -0.2) is 8.42 Å². The van der Waals surface area contributed by atoms with E-state index in [0.717, 1.165) is 6.42 Å². The Kier molecular flexibility index (Phi) is 2.31. The van der Waals surface area contributed by atoms with E-state index in [9.17, 15) is 8.42 Å². The van der Waals surface area contributed by atoms with Crippen LogP contribution in [0, 0.1) is 0 Å². The van der Waals surface area contributed by atoms with Crippen LogP contribution >= 0.6 is 0 Å². The molecule has 1 N–H and O–H groups in total. The molecule has 1 aliphatic heterocycles. The molecular formula is C6H13NO2S. The van der Waals surface area contributed by atoms with Gasteiger partial charge in [0.2, 0.25) is 0 Å². The van der Waals surface area contributed by atoms with Gasteiger partial charge in [-0.05, 0) is 6.42 Å². The van der Waals surface area contributed by atoms with Gasteiger partial charge in [0.15, 0.2) is 9.84 Å². The largest absolute Gasteiger partial charge is 0.314 e. The van der Waals surface area contributed by atoms with Crippen molar-refractivity contribution in [3.8, 4) is 0 Å². The van der Waals surface area contributed by atoms with Crippen LogP contribution in [0.5, 0.6) is 0 Å². The Morgan fingerprint density at radius 3 is 2.70 bits per heavy atom. The summed E-state index contributed by atoms with van der Waals surface area (Å²) in [4.78, 5) is 0. The predicted octanol–water partition coefficient (Wildman–Crippen LogP) is -0.217. The van der Waals surface area contributed by atoms with Crippen LogP contribution < -0.4 is 5.32 Å². The van der Waals surface area contributed by atoms with E-state index in [2.05, 4.69) is 5.32 Å². The average molecular weight is 163 g/mol. The molecule has 1 rings (SSSR count). The first kappa shape index (κ1) is 8.01. The molecule has 1 saturated heterocycles. The lowest BCUT2D eigenvalue weighted by atomic mass is 10.3. The Morgan fingerprint density at radius 2 is 2.30 bits per heavy atom. The molecule has 4 heteroatoms. The molecule has 3 nitrogen and oxygen atoms in total. The van der Waals surface area contributed by atoms with Crippen LogP contribution in [0.25, 0.3) is 0 Å². The van der Waals surface area contributed by atoms with E-state index in [1.807, 2.05) is 6.92 Å². The van der Waals surface area contributed by atoms with E-state index in [1.165, 1.54) is 0 Å². The number of hydrogen-bond acceptors (Lipinski definition) is 3. The summed E-state index contributed by atoms with van der Waals surface area (Å²) < 4.78 is 22.3. The second-order valence-corrected chi connectivity index (χ2v) is 5.00. The minimum atomic E-state index is -2.74. The number of sulfone groups is 1. The highest BCUT2D eigenvalue weighted by molar-refractivity contribution is 7.92. The van der Waals surface area contributed by atoms with Gasteiger partial charge in [0, 0.05) is 13.1 Å². The van der Waals surface area contributed by atoms with Crippen molar-refractivity contribution in [1.82, 2.24) is 5.32 Å². The fourth-order valence-electron chi connectivity index (χ4n) is 1.17. The molecular weight excluding hydrogens is 150 g/mol. The lowest BCUT2D eigenvalue weighted by molar-refractivity contribution is 0.540. The molecule has 1 fully saturated rings. The normalized spacial score (nSPS) is 31.9. The fourth-order valence-corrected chi connectivity index (χ4v) is 2.81. The fraction of sp³-hybridized carbons (Fsp3) is 1.00. The van der Waals surface area contributed by atoms with Crippen molar-refractivity contribution in [2.75, 3.05) is 18.8 Å². The number of hydrogen-bond donors (Lipinski definition) is 1. The van der Waals surface area contributed by atoms with Crippen LogP contribution in [0.3, 0.4) is 0 Å². The summed E-state index contributed by atoms with van der Waals surface area (Å²) in [6.07, 6.45) is 0.731. The van der Waals surface area contributed by atoms with Crippen molar-refractivity contribution in [3.63, 3.8) is 0 Å². The summed E-state index contributed by atoms with van der Waals surface area (Å²) in [5, 5.41) is 2.92. The minimum absolute atomic E-state index is 0.138. The molecule has 0 aliphatic carbocycles. The number of rotatable bonds is 1. The molecule has 0 aromatic carbocycles. The lowest BCUT2D eigenvalue weighted by Crippen LogP contribution is -2.43. The third kappa shape index (κ3) is 1.49. The van der Waals surface area contributed by atoms with Gasteiger partial charge in [0.05, 0.1) is 11.0 Å². The second kappa shape index (κ2) is 2.88. The average Bonchev–Trinajstić information content (AvgIpc) is 1.87. The van der Waals surface area contributed by atoms with Crippen molar-refractivity contribution >= 4 is 9.84 Å². The quantitative estimate of drug-likeness (QED) is 0.581. The van der Waals surface area contributed by atoms with Crippen LogP contribution in [0.4, 0.5) is 0 Å². The third-order valence-electron chi connectivity index (χ3n) is 1.90. The van der Waals surface area contributed by atoms with Crippen molar-refractivity contribution in [2.45, 2.75) is 18.6 Å². The Labute approximate surface area is 61.7 Å². The Morgan fingerprint density at radius 1 is 1.60 bits per heavy atom. The summed E-state index contributed by atoms with van der Waals surface area (Å²) in [6, 6.07) is 0. The smallest absolute Gasteiger partial charge is 0.155 e. The highest BCUT2D eigenvalue weighted by Gasteiger charge is 2.26. The van der Waals surface area contributed by atoms with Crippen molar-refractivity contribution in [2.24, 2.45) is 0 Å². The zero-order valence-electron chi connectivity index (χ0n) is 6.13. The van der Waals surface area contributed by atoms with Gasteiger partial charge in [-0.1, -0.05) is 6.92 Å². The standard InChI is InChI=1S/C6H13NO2S/c1-2-6-5-7-3-4-10(6,8)9/h6-7H,2-5H2,1H3/t6-/m1/s1. The van der Waals surface area contributed by atoms with Crippen LogP contribution in [0.1, 0.15) is 13.3 Å². The lowest BCUT2D eigenvalue weighted by Gasteiger charge is -2.21. The van der Waals surface area contributed by atoms with Crippen LogP contribution in [0.15, 0.2) is 0 Å². The molecule has 0 unspecified atom stereocenters. The van der Waals surface area contributed by atoms with Crippen molar-refractivity contribution in [1.29, 1.82) is 0 Å². The maximum Gasteiger partial charge on any atom is 0.155 e. The molecule has 1 heterocycles. The molecule has 1 aliphatic rings. The summed E-state index contributed by atoms with van der Waals surface area (Å²) in [7, 11) is -2.74. The Hall–Kier alpha value is -0.0900. The maximum atomic E-state index is 11.2. The van der Waals surface area contributed by atoms with Gasteiger partial charge in [0.1, 0.15) is 0 Å². The van der Waals surface area contributed by atoms with E-state index >= 15 is 0 Å². The van der Waals surface area contributed by atoms with E-state index in [-0.39, 0.29) is 5.25 Å². The van der Waals surface area contributed by atoms with Gasteiger partial charge in [-0.3, -0.25) is 0 Å². The minimum Gasteiger partial charge on any atom is -0.314 e. The van der Waals surface area contributed by atoms with E-state index < -0.39 is 9.84 Å². The first-order valence-corrected chi connectivity index (χ1v) is 5.30. The number of nitrogens with one attached hydrogen (secondary N) is 1. The highest BCUT2D eigenvalue weighted by atomic mass is 32.2. The maximum absolute atomic E-state index is 11.2. The first-order valence-electron chi connectivity index (χ1n) is 3.59. The predicted molar refractivity (Wildman–Crippen MR) is 40.7 cm³/mol. The summed E-state index contributed by atoms with van der Waals surface area (Å²) in [5.41, 5.74) is 0. The molecule has 0 aromatic heterocycles. The molecule has 60 valence electrons. The van der Waals surface area contributed by atoms with Gasteiger partial charge < -0.3 is 5.32 Å². The van der Waals surface area contributed by atoms with Crippen LogP contribution in [0.2, 0.25) is 0 Å². The van der Waals surface area contributed by atoms with Crippen molar-refractivity contribution in [3.05, 3.63) is 0 Å². The van der Waals surface area contributed by atoms with Gasteiger partial charge in [0.25, 0.3) is 0 Å². The monoisotopic (exact) mass is 163 g/mol. The molecule has 10 heavy (non-hydrogen) atoms. The second-order valence-electron chi connectivity index (χ2n) is 2.60.